The van der Waals surface area contributed by atoms with E-state index >= 15 is 0 Å². The molecule has 2 rings (SSSR count). The summed E-state index contributed by atoms with van der Waals surface area (Å²) in [6.07, 6.45) is 2.32. The maximum absolute atomic E-state index is 13.0. The fourth-order valence-electron chi connectivity index (χ4n) is 3.14. The van der Waals surface area contributed by atoms with Gasteiger partial charge in [-0.1, -0.05) is 44.2 Å². The molecule has 1 unspecified atom stereocenters. The number of hydrogen-bond donors (Lipinski definition) is 0. The highest BCUT2D eigenvalue weighted by Gasteiger charge is 2.52. The normalized spacial score (nSPS) is 13.0. The Labute approximate surface area is 154 Å². The Morgan fingerprint density at radius 1 is 1.19 bits per heavy atom. The second kappa shape index (κ2) is 8.61. The van der Waals surface area contributed by atoms with Crippen LogP contribution in [-0.4, -0.2) is 30.1 Å². The minimum atomic E-state index is -1.58. The Hall–Kier alpha value is -2.69. The summed E-state index contributed by atoms with van der Waals surface area (Å²) in [5, 5.41) is 0.947. The first-order chi connectivity index (χ1) is 12.5. The first-order valence-corrected chi connectivity index (χ1v) is 8.83. The third kappa shape index (κ3) is 3.62. The zero-order valence-corrected chi connectivity index (χ0v) is 15.6. The average molecular weight is 355 g/mol. The molecule has 0 saturated carbocycles. The number of pyridine rings is 1. The zero-order valence-electron chi connectivity index (χ0n) is 15.6. The van der Waals surface area contributed by atoms with Gasteiger partial charge in [0.05, 0.1) is 17.8 Å². The topological polar surface area (TPSA) is 65.5 Å². The van der Waals surface area contributed by atoms with Crippen LogP contribution in [0.4, 0.5) is 0 Å². The molecule has 1 atom stereocenters. The fourth-order valence-corrected chi connectivity index (χ4v) is 3.14. The van der Waals surface area contributed by atoms with Crippen LogP contribution in [0.3, 0.4) is 0 Å². The van der Waals surface area contributed by atoms with E-state index in [-0.39, 0.29) is 19.6 Å². The largest absolute Gasteiger partial charge is 0.465 e. The summed E-state index contributed by atoms with van der Waals surface area (Å²) < 4.78 is 10.6. The highest BCUT2D eigenvalue weighted by molar-refractivity contribution is 6.06. The Kier molecular flexibility index (Phi) is 6.50. The van der Waals surface area contributed by atoms with Crippen molar-refractivity contribution in [2.75, 3.05) is 13.2 Å². The van der Waals surface area contributed by atoms with Crippen LogP contribution >= 0.6 is 0 Å². The smallest absolute Gasteiger partial charge is 0.330 e. The average Bonchev–Trinajstić information content (AvgIpc) is 2.64. The van der Waals surface area contributed by atoms with Crippen molar-refractivity contribution < 1.29 is 19.1 Å². The number of para-hydroxylation sites is 1. The van der Waals surface area contributed by atoms with Gasteiger partial charge in [-0.25, -0.2) is 0 Å². The monoisotopic (exact) mass is 355 g/mol. The van der Waals surface area contributed by atoms with Crippen LogP contribution in [-0.2, 0) is 24.5 Å². The molecule has 138 valence electrons. The van der Waals surface area contributed by atoms with E-state index in [2.05, 4.69) is 11.6 Å². The Morgan fingerprint density at radius 3 is 2.54 bits per heavy atom. The first kappa shape index (κ1) is 19.6. The van der Waals surface area contributed by atoms with Gasteiger partial charge in [0.2, 0.25) is 5.41 Å². The molecule has 1 heterocycles. The van der Waals surface area contributed by atoms with E-state index < -0.39 is 17.4 Å². The van der Waals surface area contributed by atoms with Gasteiger partial charge in [-0.3, -0.25) is 14.6 Å². The molecular formula is C21H25NO4. The van der Waals surface area contributed by atoms with Gasteiger partial charge in [-0.2, -0.15) is 0 Å². The second-order valence-corrected chi connectivity index (χ2v) is 6.11. The molecule has 0 fully saturated rings. The van der Waals surface area contributed by atoms with Gasteiger partial charge in [0, 0.05) is 5.39 Å². The van der Waals surface area contributed by atoms with Crippen LogP contribution in [0.2, 0.25) is 0 Å². The number of aromatic nitrogens is 1. The van der Waals surface area contributed by atoms with Gasteiger partial charge in [0.1, 0.15) is 6.61 Å². The van der Waals surface area contributed by atoms with Gasteiger partial charge in [0.25, 0.3) is 0 Å². The minimum absolute atomic E-state index is 0.0241. The molecule has 0 spiro atoms. The summed E-state index contributed by atoms with van der Waals surface area (Å²) in [7, 11) is 0. The van der Waals surface area contributed by atoms with Crippen molar-refractivity contribution in [2.24, 2.45) is 0 Å². The molecule has 2 aromatic rings. The molecule has 26 heavy (non-hydrogen) atoms. The van der Waals surface area contributed by atoms with Crippen molar-refractivity contribution in [3.8, 4) is 0 Å². The number of aryl methyl sites for hydroxylation is 1. The number of rotatable bonds is 8. The third-order valence-corrected chi connectivity index (χ3v) is 4.25. The number of hydrogen-bond acceptors (Lipinski definition) is 5. The minimum Gasteiger partial charge on any atom is -0.465 e. The van der Waals surface area contributed by atoms with Crippen molar-refractivity contribution in [3.63, 3.8) is 0 Å². The molecule has 5 nitrogen and oxygen atoms in total. The van der Waals surface area contributed by atoms with Crippen molar-refractivity contribution in [1.29, 1.82) is 0 Å². The SMILES string of the molecule is C=CCOC(=O)C(CCC)(C(=O)OCC)c1nc2ccccc2cc1C. The summed E-state index contributed by atoms with van der Waals surface area (Å²) in [6.45, 7) is 9.23. The number of carbonyl (C=O) groups is 2. The molecule has 0 amide bonds. The lowest BCUT2D eigenvalue weighted by molar-refractivity contribution is -0.165. The zero-order chi connectivity index (χ0) is 19.2. The lowest BCUT2D eigenvalue weighted by atomic mass is 9.77. The Balaban J connectivity index is 2.72. The van der Waals surface area contributed by atoms with Gasteiger partial charge in [0.15, 0.2) is 0 Å². The van der Waals surface area contributed by atoms with Gasteiger partial charge in [-0.05, 0) is 38.0 Å². The highest BCUT2D eigenvalue weighted by atomic mass is 16.6. The van der Waals surface area contributed by atoms with Crippen LogP contribution in [0.15, 0.2) is 43.0 Å². The molecule has 1 aromatic carbocycles. The molecule has 0 N–H and O–H groups in total. The lowest BCUT2D eigenvalue weighted by Crippen LogP contribution is -2.47. The second-order valence-electron chi connectivity index (χ2n) is 6.11. The lowest BCUT2D eigenvalue weighted by Gasteiger charge is -2.29. The van der Waals surface area contributed by atoms with E-state index in [1.54, 1.807) is 6.92 Å². The van der Waals surface area contributed by atoms with E-state index in [1.165, 1.54) is 6.08 Å². The molecular weight excluding hydrogens is 330 g/mol. The number of fused-ring (bicyclic) bond motifs is 1. The summed E-state index contributed by atoms with van der Waals surface area (Å²) in [4.78, 5) is 30.6. The predicted octanol–water partition coefficient (Wildman–Crippen LogP) is 3.87. The number of ether oxygens (including phenoxy) is 2. The maximum Gasteiger partial charge on any atom is 0.330 e. The summed E-state index contributed by atoms with van der Waals surface area (Å²) >= 11 is 0. The number of esters is 2. The molecule has 0 aliphatic carbocycles. The van der Waals surface area contributed by atoms with Crippen molar-refractivity contribution in [2.45, 2.75) is 39.0 Å². The molecule has 0 aliphatic rings. The molecule has 5 heteroatoms. The van der Waals surface area contributed by atoms with Crippen LogP contribution in [0.5, 0.6) is 0 Å². The van der Waals surface area contributed by atoms with E-state index in [9.17, 15) is 9.59 Å². The summed E-state index contributed by atoms with van der Waals surface area (Å²) in [6, 6.07) is 9.53. The summed E-state index contributed by atoms with van der Waals surface area (Å²) in [5.74, 6) is -1.27. The standard InChI is InChI=1S/C21H25NO4/c1-5-12-21(19(23)25-7-3,20(24)26-13-6-2)18-15(4)14-16-10-8-9-11-17(16)22-18/h6,8-11,14H,2,5,7,12-13H2,1,3-4H3. The molecule has 0 saturated heterocycles. The number of nitrogens with zero attached hydrogens (tertiary/aromatic N) is 1. The predicted molar refractivity (Wildman–Crippen MR) is 101 cm³/mol. The van der Waals surface area contributed by atoms with E-state index in [0.29, 0.717) is 12.1 Å². The van der Waals surface area contributed by atoms with Gasteiger partial charge < -0.3 is 9.47 Å². The molecule has 0 aliphatic heterocycles. The van der Waals surface area contributed by atoms with Crippen LogP contribution in [0, 0.1) is 6.92 Å². The Bertz CT molecular complexity index is 815. The highest BCUT2D eigenvalue weighted by Crippen LogP contribution is 2.35. The first-order valence-electron chi connectivity index (χ1n) is 8.83. The summed E-state index contributed by atoms with van der Waals surface area (Å²) in [5.41, 5.74) is 0.280. The van der Waals surface area contributed by atoms with Crippen molar-refractivity contribution in [1.82, 2.24) is 4.98 Å². The van der Waals surface area contributed by atoms with Crippen LogP contribution in [0.25, 0.3) is 10.9 Å². The molecule has 1 aromatic heterocycles. The molecule has 0 bridgehead atoms. The third-order valence-electron chi connectivity index (χ3n) is 4.25. The number of benzene rings is 1. The van der Waals surface area contributed by atoms with Crippen LogP contribution < -0.4 is 0 Å². The van der Waals surface area contributed by atoms with Crippen LogP contribution in [0.1, 0.15) is 37.9 Å². The van der Waals surface area contributed by atoms with Gasteiger partial charge in [-0.15, -0.1) is 0 Å². The molecule has 0 radical (unpaired) electrons. The van der Waals surface area contributed by atoms with Gasteiger partial charge >= 0.3 is 11.9 Å². The quantitative estimate of drug-likeness (QED) is 0.408. The maximum atomic E-state index is 13.0. The number of carbonyl (C=O) groups excluding carboxylic acids is 2. The van der Waals surface area contributed by atoms with Crippen molar-refractivity contribution in [3.05, 3.63) is 54.2 Å². The van der Waals surface area contributed by atoms with E-state index in [4.69, 9.17) is 9.47 Å². The Morgan fingerprint density at radius 2 is 1.88 bits per heavy atom. The fraction of sp³-hybridized carbons (Fsp3) is 0.381. The van der Waals surface area contributed by atoms with E-state index in [0.717, 1.165) is 16.5 Å². The van der Waals surface area contributed by atoms with Crippen molar-refractivity contribution >= 4 is 22.8 Å². The van der Waals surface area contributed by atoms with E-state index in [1.807, 2.05) is 44.2 Å².